The maximum Gasteiger partial charge on any atom is 0.0161 e. The largest absolute Gasteiger partial charge is 0.0776 e. The van der Waals surface area contributed by atoms with Gasteiger partial charge in [-0.2, -0.15) is 0 Å². The highest BCUT2D eigenvalue weighted by Crippen LogP contribution is 2.55. The maximum atomic E-state index is 2.39. The number of benzene rings is 13. The van der Waals surface area contributed by atoms with Crippen LogP contribution in [-0.2, 0) is 21.7 Å². The van der Waals surface area contributed by atoms with E-state index in [4.69, 9.17) is 0 Å². The van der Waals surface area contributed by atoms with Gasteiger partial charge in [0.1, 0.15) is 0 Å². The van der Waals surface area contributed by atoms with Crippen LogP contribution in [0.5, 0.6) is 0 Å². The van der Waals surface area contributed by atoms with Gasteiger partial charge in [0.2, 0.25) is 0 Å². The molecule has 0 bridgehead atoms. The molecule has 0 saturated carbocycles. The first-order chi connectivity index (χ1) is 50.4. The van der Waals surface area contributed by atoms with Crippen LogP contribution >= 0.6 is 0 Å². The Morgan fingerprint density at radius 1 is 0.174 bits per heavy atom. The van der Waals surface area contributed by atoms with E-state index in [9.17, 15) is 0 Å². The summed E-state index contributed by atoms with van der Waals surface area (Å²) in [5.74, 6) is 0. The molecule has 13 aromatic rings. The first kappa shape index (κ1) is 83.4. The minimum absolute atomic E-state index is 0. The van der Waals surface area contributed by atoms with Gasteiger partial charge in [0.25, 0.3) is 0 Å². The number of rotatable bonds is 0. The molecule has 0 aliphatic heterocycles. The molecule has 0 aromatic heterocycles. The molecule has 0 fully saturated rings. The average Bonchev–Trinajstić information content (AvgIpc) is 1.59. The van der Waals surface area contributed by atoms with Crippen LogP contribution in [0.25, 0.3) is 66.1 Å². The van der Waals surface area contributed by atoms with Crippen LogP contribution in [0.15, 0.2) is 200 Å². The summed E-state index contributed by atoms with van der Waals surface area (Å²) in [6, 6.07) is 72.9. The second-order valence-electron chi connectivity index (χ2n) is 34.0. The van der Waals surface area contributed by atoms with Crippen LogP contribution in [0.3, 0.4) is 0 Å². The molecule has 0 heteroatoms. The molecule has 4 aliphatic rings. The average molecular weight is 1440 g/mol. The van der Waals surface area contributed by atoms with Crippen LogP contribution in [0, 0.1) is 145 Å². The molecule has 0 heterocycles. The van der Waals surface area contributed by atoms with E-state index in [-0.39, 0.29) is 36.5 Å². The molecule has 0 unspecified atom stereocenters. The van der Waals surface area contributed by atoms with Crippen molar-refractivity contribution in [2.24, 2.45) is 0 Å². The number of aryl methyl sites for hydroxylation is 10. The van der Waals surface area contributed by atoms with Crippen molar-refractivity contribution < 1.29 is 0 Å². The Labute approximate surface area is 660 Å². The minimum Gasteiger partial charge on any atom is -0.0776 e. The molecule has 17 rings (SSSR count). The molecule has 0 saturated heterocycles. The van der Waals surface area contributed by atoms with Crippen molar-refractivity contribution in [3.8, 4) is 44.5 Å². The predicted octanol–water partition coefficient (Wildman–Crippen LogP) is 31.1. The molecule has 0 N–H and O–H groups in total. The van der Waals surface area contributed by atoms with Crippen molar-refractivity contribution in [1.29, 1.82) is 0 Å². The van der Waals surface area contributed by atoms with Gasteiger partial charge in [-0.25, -0.2) is 0 Å². The summed E-state index contributed by atoms with van der Waals surface area (Å²) < 4.78 is 0. The van der Waals surface area contributed by atoms with Gasteiger partial charge >= 0.3 is 0 Å². The second-order valence-corrected chi connectivity index (χ2v) is 34.0. The van der Waals surface area contributed by atoms with E-state index in [1.165, 1.54) is 227 Å². The van der Waals surface area contributed by atoms with Crippen molar-refractivity contribution in [3.05, 3.63) is 362 Å². The van der Waals surface area contributed by atoms with E-state index in [1.807, 2.05) is 0 Å². The first-order valence-electron chi connectivity index (χ1n) is 39.2. The Morgan fingerprint density at radius 3 is 0.761 bits per heavy atom. The Bertz CT molecular complexity index is 5280. The van der Waals surface area contributed by atoms with Gasteiger partial charge in [-0.15, -0.1) is 0 Å². The van der Waals surface area contributed by atoms with Crippen LogP contribution in [-0.4, -0.2) is 0 Å². The van der Waals surface area contributed by atoms with Gasteiger partial charge in [0.15, 0.2) is 0 Å². The lowest BCUT2D eigenvalue weighted by atomic mass is 9.79. The highest BCUT2D eigenvalue weighted by molar-refractivity contribution is 5.90. The lowest BCUT2D eigenvalue weighted by Crippen LogP contribution is -2.17. The van der Waals surface area contributed by atoms with E-state index in [2.05, 4.69) is 401 Å². The molecule has 0 atom stereocenters. The van der Waals surface area contributed by atoms with Gasteiger partial charge in [0, 0.05) is 21.7 Å². The molecule has 13 aromatic carbocycles. The normalized spacial score (nSPS) is 13.5. The molecule has 4 aliphatic carbocycles. The van der Waals surface area contributed by atoms with Crippen molar-refractivity contribution in [1.82, 2.24) is 0 Å². The fourth-order valence-corrected chi connectivity index (χ4v) is 18.1. The van der Waals surface area contributed by atoms with Gasteiger partial charge in [-0.05, 0) is 373 Å². The molecule has 564 valence electrons. The van der Waals surface area contributed by atoms with Crippen molar-refractivity contribution in [2.75, 3.05) is 0 Å². The zero-order valence-corrected chi connectivity index (χ0v) is 70.6. The van der Waals surface area contributed by atoms with E-state index in [0.717, 1.165) is 0 Å². The van der Waals surface area contributed by atoms with Gasteiger partial charge in [0.05, 0.1) is 0 Å². The third-order valence-corrected chi connectivity index (χ3v) is 26.4. The molecule has 0 nitrogen and oxygen atoms in total. The van der Waals surface area contributed by atoms with E-state index >= 15 is 0 Å². The highest BCUT2D eigenvalue weighted by atomic mass is 14.4. The summed E-state index contributed by atoms with van der Waals surface area (Å²) in [5.41, 5.74) is 53.7. The summed E-state index contributed by atoms with van der Waals surface area (Å²) in [6.45, 7) is 65.2. The Morgan fingerprint density at radius 2 is 0.431 bits per heavy atom. The Hall–Kier alpha value is -9.62. The quantitative estimate of drug-likeness (QED) is 0.142. The van der Waals surface area contributed by atoms with Crippen molar-refractivity contribution in [2.45, 2.75) is 237 Å². The van der Waals surface area contributed by atoms with Crippen molar-refractivity contribution >= 4 is 21.5 Å². The first-order valence-corrected chi connectivity index (χ1v) is 39.2. The number of hydrogen-bond donors (Lipinski definition) is 0. The lowest BCUT2D eigenvalue weighted by molar-refractivity contribution is 0.654. The van der Waals surface area contributed by atoms with Crippen molar-refractivity contribution in [3.63, 3.8) is 0 Å². The van der Waals surface area contributed by atoms with Crippen LogP contribution in [0.4, 0.5) is 0 Å². The van der Waals surface area contributed by atoms with E-state index in [0.29, 0.717) is 0 Å². The molecule has 109 heavy (non-hydrogen) atoms. The minimum atomic E-state index is 0. The third kappa shape index (κ3) is 15.1. The second kappa shape index (κ2) is 32.1. The zero-order valence-electron chi connectivity index (χ0n) is 70.6. The molecule has 0 amide bonds. The van der Waals surface area contributed by atoms with Crippen LogP contribution in [0.2, 0.25) is 0 Å². The molecular formula is C109H128. The van der Waals surface area contributed by atoms with Gasteiger partial charge in [-0.3, -0.25) is 0 Å². The number of hydrogen-bond acceptors (Lipinski definition) is 0. The highest BCUT2D eigenvalue weighted by Gasteiger charge is 2.41. The Balaban J connectivity index is 0.000000148. The van der Waals surface area contributed by atoms with Gasteiger partial charge < -0.3 is 0 Å². The zero-order chi connectivity index (χ0) is 78.0. The standard InChI is InChI=1S/4C18H20.2C13H14.C9H12.2CH4/c2*1-11-10-15-14-8-6-7-9-16(14)18(4,5)17(15)13(3)12(11)2;2*1-11-10-16-17(13(3)12(11)2)14-8-6-7-9-15(14)18(16,4)5;2*1-9-8-12-6-4-5-7-13(12)11(3)10(9)2;1-7-5-4-6-8(2)9(7)3;;/h4*6-10H,1-5H3;2*4-8H,1-3H3;4-6H,1-3H3;2*1H4. The van der Waals surface area contributed by atoms with E-state index in [1.54, 1.807) is 0 Å². The van der Waals surface area contributed by atoms with Gasteiger partial charge in [-0.1, -0.05) is 270 Å². The predicted molar refractivity (Wildman–Crippen MR) is 483 cm³/mol. The summed E-state index contributed by atoms with van der Waals surface area (Å²) in [6.07, 6.45) is 0. The molecular weight excluding hydrogens is 1310 g/mol. The van der Waals surface area contributed by atoms with Crippen LogP contribution < -0.4 is 0 Å². The lowest BCUT2D eigenvalue weighted by Gasteiger charge is -2.24. The summed E-state index contributed by atoms with van der Waals surface area (Å²) in [4.78, 5) is 0. The Kier molecular flexibility index (Phi) is 24.6. The summed E-state index contributed by atoms with van der Waals surface area (Å²) in [5, 5.41) is 5.46. The fourth-order valence-electron chi connectivity index (χ4n) is 18.1. The summed E-state index contributed by atoms with van der Waals surface area (Å²) in [7, 11) is 0. The maximum absolute atomic E-state index is 2.39. The topological polar surface area (TPSA) is 0 Å². The summed E-state index contributed by atoms with van der Waals surface area (Å²) >= 11 is 0. The third-order valence-electron chi connectivity index (χ3n) is 26.4. The SMILES string of the molecule is C.C.Cc1cc2c(c(C)c1C)-c1ccccc1C2(C)C.Cc1cc2c(c(C)c1C)-c1ccccc1C2(C)C.Cc1cc2c(c(C)c1C)C(C)(C)c1ccccc1-2.Cc1cc2c(c(C)c1C)C(C)(C)c1ccccc1-2.Cc1cc2ccccc2c(C)c1C.Cc1cc2ccccc2c(C)c1C.Cc1cccc(C)c1C. The fraction of sp³-hybridized carbons (Fsp3) is 0.321. The molecule has 0 spiro atoms. The molecule has 0 radical (unpaired) electrons. The monoisotopic (exact) mass is 1440 g/mol. The number of fused-ring (bicyclic) bond motifs is 14. The van der Waals surface area contributed by atoms with Crippen LogP contribution in [0.1, 0.15) is 232 Å². The van der Waals surface area contributed by atoms with E-state index < -0.39 is 0 Å². The smallest absolute Gasteiger partial charge is 0.0161 e.